The quantitative estimate of drug-likeness (QED) is 0.371. The van der Waals surface area contributed by atoms with Gasteiger partial charge in [0.05, 0.1) is 22.9 Å². The smallest absolute Gasteiger partial charge is 0.389 e. The predicted molar refractivity (Wildman–Crippen MR) is 120 cm³/mol. The minimum Gasteiger partial charge on any atom is -0.494 e. The first-order valence-corrected chi connectivity index (χ1v) is 11.7. The highest BCUT2D eigenvalue weighted by atomic mass is 32.1. The zero-order valence-electron chi connectivity index (χ0n) is 18.0. The molecular formula is C24H27F3N2O2S. The highest BCUT2D eigenvalue weighted by Gasteiger charge is 2.27. The van der Waals surface area contributed by atoms with Crippen LogP contribution in [0.1, 0.15) is 42.4 Å². The van der Waals surface area contributed by atoms with Crippen LogP contribution in [0.4, 0.5) is 13.2 Å². The van der Waals surface area contributed by atoms with E-state index in [-0.39, 0.29) is 25.2 Å². The molecular weight excluding hydrogens is 437 g/mol. The maximum Gasteiger partial charge on any atom is 0.389 e. The van der Waals surface area contributed by atoms with E-state index in [4.69, 9.17) is 14.5 Å². The minimum atomic E-state index is -4.16. The summed E-state index contributed by atoms with van der Waals surface area (Å²) < 4.78 is 50.5. The molecule has 3 aromatic rings. The van der Waals surface area contributed by atoms with E-state index >= 15 is 0 Å². The van der Waals surface area contributed by atoms with E-state index in [1.54, 1.807) is 17.4 Å². The van der Waals surface area contributed by atoms with Crippen molar-refractivity contribution in [2.24, 2.45) is 0 Å². The van der Waals surface area contributed by atoms with E-state index in [0.717, 1.165) is 46.7 Å². The van der Waals surface area contributed by atoms with Gasteiger partial charge in [0.1, 0.15) is 16.9 Å². The number of nitrogens with zero attached hydrogens (tertiary/aromatic N) is 2. The van der Waals surface area contributed by atoms with Crippen LogP contribution in [0.5, 0.6) is 5.75 Å². The van der Waals surface area contributed by atoms with Crippen molar-refractivity contribution in [2.75, 3.05) is 26.7 Å². The normalized spacial score (nSPS) is 17.0. The molecule has 0 amide bonds. The van der Waals surface area contributed by atoms with Crippen molar-refractivity contribution in [3.05, 3.63) is 59.1 Å². The van der Waals surface area contributed by atoms with Gasteiger partial charge in [0, 0.05) is 19.5 Å². The van der Waals surface area contributed by atoms with Crippen LogP contribution in [0.3, 0.4) is 0 Å². The van der Waals surface area contributed by atoms with Gasteiger partial charge >= 0.3 is 6.18 Å². The summed E-state index contributed by atoms with van der Waals surface area (Å²) in [5, 5.41) is 0.874. The molecule has 32 heavy (non-hydrogen) atoms. The molecule has 4 nitrogen and oxygen atoms in total. The van der Waals surface area contributed by atoms with Crippen molar-refractivity contribution in [3.63, 3.8) is 0 Å². The molecule has 0 saturated carbocycles. The Kier molecular flexibility index (Phi) is 7.33. The Morgan fingerprint density at radius 3 is 2.66 bits per heavy atom. The number of likely N-dealkylation sites (tertiary alicyclic amines) is 1. The highest BCUT2D eigenvalue weighted by molar-refractivity contribution is 7.18. The molecule has 1 aliphatic heterocycles. The molecule has 1 saturated heterocycles. The lowest BCUT2D eigenvalue weighted by Crippen LogP contribution is -2.35. The first-order chi connectivity index (χ1) is 15.4. The van der Waals surface area contributed by atoms with E-state index in [0.29, 0.717) is 5.75 Å². The number of benzene rings is 2. The fourth-order valence-electron chi connectivity index (χ4n) is 3.83. The molecule has 0 bridgehead atoms. The summed E-state index contributed by atoms with van der Waals surface area (Å²) in [6, 6.07) is 15.4. The number of thiazole rings is 1. The van der Waals surface area contributed by atoms with Gasteiger partial charge in [0.25, 0.3) is 0 Å². The molecule has 172 valence electrons. The van der Waals surface area contributed by atoms with Crippen LogP contribution in [-0.2, 0) is 4.74 Å². The Morgan fingerprint density at radius 2 is 1.91 bits per heavy atom. The Bertz CT molecular complexity index is 983. The lowest BCUT2D eigenvalue weighted by Gasteiger charge is -2.31. The van der Waals surface area contributed by atoms with E-state index in [9.17, 15) is 13.2 Å². The number of ether oxygens (including phenoxy) is 2. The molecule has 2 heterocycles. The van der Waals surface area contributed by atoms with E-state index in [1.807, 2.05) is 42.5 Å². The maximum absolute atomic E-state index is 12.4. The third kappa shape index (κ3) is 6.21. The van der Waals surface area contributed by atoms with Gasteiger partial charge in [-0.15, -0.1) is 11.3 Å². The van der Waals surface area contributed by atoms with Gasteiger partial charge in [0.2, 0.25) is 0 Å². The first-order valence-electron chi connectivity index (χ1n) is 10.9. The van der Waals surface area contributed by atoms with Crippen LogP contribution >= 0.6 is 11.3 Å². The molecule has 0 spiro atoms. The Balaban J connectivity index is 1.54. The zero-order chi connectivity index (χ0) is 22.6. The predicted octanol–water partition coefficient (Wildman–Crippen LogP) is 6.22. The molecule has 0 N–H and O–H groups in total. The minimum absolute atomic E-state index is 0.0184. The molecule has 4 rings (SSSR count). The number of hydrogen-bond acceptors (Lipinski definition) is 5. The second kappa shape index (κ2) is 10.2. The third-order valence-corrected chi connectivity index (χ3v) is 6.64. The number of fused-ring (bicyclic) bond motifs is 1. The standard InChI is InChI=1S/C24H27F3N2O2S/c1-29-13-10-18(11-14-29)31-22(23-28-20-8-2-3-9-21(20)32-23)17-6-4-7-19(16-17)30-15-5-12-24(25,26)27/h2-4,6-9,16,18,22H,5,10-15H2,1H3. The number of para-hydroxylation sites is 1. The monoisotopic (exact) mass is 464 g/mol. The van der Waals surface area contributed by atoms with Crippen LogP contribution in [0.25, 0.3) is 10.2 Å². The zero-order valence-corrected chi connectivity index (χ0v) is 18.8. The number of halogens is 3. The van der Waals surface area contributed by atoms with Gasteiger partial charge in [-0.2, -0.15) is 13.2 Å². The summed E-state index contributed by atoms with van der Waals surface area (Å²) in [7, 11) is 2.11. The number of alkyl halides is 3. The molecule has 1 unspecified atom stereocenters. The van der Waals surface area contributed by atoms with Gasteiger partial charge in [-0.05, 0) is 56.1 Å². The van der Waals surface area contributed by atoms with Crippen molar-refractivity contribution < 1.29 is 22.6 Å². The third-order valence-electron chi connectivity index (χ3n) is 5.56. The van der Waals surface area contributed by atoms with Gasteiger partial charge in [-0.3, -0.25) is 0 Å². The van der Waals surface area contributed by atoms with Crippen LogP contribution in [0, 0.1) is 0 Å². The van der Waals surface area contributed by atoms with E-state index in [2.05, 4.69) is 11.9 Å². The second-order valence-corrected chi connectivity index (χ2v) is 9.24. The largest absolute Gasteiger partial charge is 0.494 e. The first kappa shape index (κ1) is 23.0. The van der Waals surface area contributed by atoms with Crippen LogP contribution in [0.2, 0.25) is 0 Å². The molecule has 8 heteroatoms. The van der Waals surface area contributed by atoms with E-state index in [1.165, 1.54) is 0 Å². The summed E-state index contributed by atoms with van der Waals surface area (Å²) in [6.07, 6.45) is -3.40. The van der Waals surface area contributed by atoms with Crippen molar-refractivity contribution in [2.45, 2.75) is 44.1 Å². The molecule has 1 aromatic heterocycles. The maximum atomic E-state index is 12.4. The number of aromatic nitrogens is 1. The highest BCUT2D eigenvalue weighted by Crippen LogP contribution is 2.36. The van der Waals surface area contributed by atoms with Crippen molar-refractivity contribution in [1.82, 2.24) is 9.88 Å². The van der Waals surface area contributed by atoms with Gasteiger partial charge in [-0.25, -0.2) is 4.98 Å². The molecule has 1 aliphatic rings. The van der Waals surface area contributed by atoms with Gasteiger partial charge in [0.15, 0.2) is 0 Å². The Labute approximate surface area is 190 Å². The molecule has 2 aromatic carbocycles. The number of rotatable bonds is 8. The van der Waals surface area contributed by atoms with Crippen LogP contribution in [-0.4, -0.2) is 48.9 Å². The summed E-state index contributed by atoms with van der Waals surface area (Å²) in [5.74, 6) is 0.544. The molecule has 1 fully saturated rings. The summed E-state index contributed by atoms with van der Waals surface area (Å²) in [5.41, 5.74) is 1.83. The lowest BCUT2D eigenvalue weighted by atomic mass is 10.1. The van der Waals surface area contributed by atoms with Crippen LogP contribution in [0.15, 0.2) is 48.5 Å². The Hall–Kier alpha value is -2.16. The number of hydrogen-bond donors (Lipinski definition) is 0. The Morgan fingerprint density at radius 1 is 1.12 bits per heavy atom. The van der Waals surface area contributed by atoms with Gasteiger partial charge in [-0.1, -0.05) is 24.3 Å². The fraction of sp³-hybridized carbons (Fsp3) is 0.458. The summed E-state index contributed by atoms with van der Waals surface area (Å²) >= 11 is 1.61. The lowest BCUT2D eigenvalue weighted by molar-refractivity contribution is -0.136. The van der Waals surface area contributed by atoms with Crippen molar-refractivity contribution in [1.29, 1.82) is 0 Å². The topological polar surface area (TPSA) is 34.6 Å². The molecule has 0 aliphatic carbocycles. The van der Waals surface area contributed by atoms with E-state index < -0.39 is 12.6 Å². The summed E-state index contributed by atoms with van der Waals surface area (Å²) in [4.78, 5) is 7.11. The number of piperidine rings is 1. The summed E-state index contributed by atoms with van der Waals surface area (Å²) in [6.45, 7) is 1.99. The van der Waals surface area contributed by atoms with Crippen LogP contribution < -0.4 is 4.74 Å². The average Bonchev–Trinajstić information content (AvgIpc) is 3.20. The second-order valence-electron chi connectivity index (χ2n) is 8.18. The SMILES string of the molecule is CN1CCC(OC(c2cccc(OCCCC(F)(F)F)c2)c2nc3ccccc3s2)CC1. The average molecular weight is 465 g/mol. The van der Waals surface area contributed by atoms with Gasteiger partial charge < -0.3 is 14.4 Å². The fourth-order valence-corrected chi connectivity index (χ4v) is 4.86. The molecule has 1 atom stereocenters. The van der Waals surface area contributed by atoms with Crippen molar-refractivity contribution >= 4 is 21.6 Å². The molecule has 0 radical (unpaired) electrons. The van der Waals surface area contributed by atoms with Crippen molar-refractivity contribution in [3.8, 4) is 5.75 Å².